The maximum atomic E-state index is 12.2. The van der Waals surface area contributed by atoms with Crippen LogP contribution in [-0.4, -0.2) is 33.3 Å². The number of hydrogen-bond acceptors (Lipinski definition) is 5. The van der Waals surface area contributed by atoms with Gasteiger partial charge in [-0.15, -0.1) is 0 Å². The molecule has 0 aliphatic carbocycles. The fourth-order valence-electron chi connectivity index (χ4n) is 2.04. The number of nitro benzene ring substituents is 1. The van der Waals surface area contributed by atoms with E-state index in [-0.39, 0.29) is 16.4 Å². The number of amides is 2. The van der Waals surface area contributed by atoms with E-state index in [1.165, 1.54) is 29.2 Å². The number of allylic oxidation sites excluding steroid dienone is 2. The molecule has 0 aromatic heterocycles. The molecule has 2 rings (SSSR count). The average Bonchev–Trinajstić information content (AvgIpc) is 2.51. The second kappa shape index (κ2) is 6.93. The number of benzene rings is 1. The van der Waals surface area contributed by atoms with Crippen molar-refractivity contribution in [3.05, 3.63) is 57.7 Å². The van der Waals surface area contributed by atoms with Crippen molar-refractivity contribution < 1.29 is 14.5 Å². The zero-order valence-electron chi connectivity index (χ0n) is 12.2. The van der Waals surface area contributed by atoms with E-state index < -0.39 is 16.7 Å². The third-order valence-corrected chi connectivity index (χ3v) is 3.50. The summed E-state index contributed by atoms with van der Waals surface area (Å²) in [6.07, 6.45) is 4.21. The zero-order valence-corrected chi connectivity index (χ0v) is 13.0. The summed E-state index contributed by atoms with van der Waals surface area (Å²) in [6.45, 7) is 2.08. The Morgan fingerprint density at radius 3 is 2.70 bits per heavy atom. The second-order valence-corrected chi connectivity index (χ2v) is 4.95. The van der Waals surface area contributed by atoms with Crippen molar-refractivity contribution in [2.45, 2.75) is 6.92 Å². The van der Waals surface area contributed by atoms with Crippen molar-refractivity contribution >= 4 is 40.9 Å². The summed E-state index contributed by atoms with van der Waals surface area (Å²) >= 11 is 4.92. The fourth-order valence-corrected chi connectivity index (χ4v) is 2.35. The first-order valence-electron chi connectivity index (χ1n) is 6.74. The van der Waals surface area contributed by atoms with Crippen LogP contribution < -0.4 is 5.32 Å². The maximum absolute atomic E-state index is 12.2. The average molecular weight is 331 g/mol. The summed E-state index contributed by atoms with van der Waals surface area (Å²) < 4.78 is 0. The molecular formula is C15H13N3O4S. The van der Waals surface area contributed by atoms with Gasteiger partial charge in [-0.25, -0.2) is 0 Å². The van der Waals surface area contributed by atoms with Gasteiger partial charge in [-0.05, 0) is 37.4 Å². The molecule has 23 heavy (non-hydrogen) atoms. The van der Waals surface area contributed by atoms with Crippen LogP contribution in [0.25, 0.3) is 6.08 Å². The molecule has 1 N–H and O–H groups in total. The Hall–Kier alpha value is -2.87. The van der Waals surface area contributed by atoms with Gasteiger partial charge in [0.2, 0.25) is 0 Å². The van der Waals surface area contributed by atoms with Crippen molar-refractivity contribution in [3.63, 3.8) is 0 Å². The van der Waals surface area contributed by atoms with E-state index in [1.54, 1.807) is 25.1 Å². The first-order chi connectivity index (χ1) is 11.0. The Bertz CT molecular complexity index is 755. The van der Waals surface area contributed by atoms with Crippen LogP contribution in [0, 0.1) is 10.1 Å². The van der Waals surface area contributed by atoms with E-state index in [2.05, 4.69) is 5.32 Å². The van der Waals surface area contributed by atoms with Crippen molar-refractivity contribution in [3.8, 4) is 0 Å². The number of nitro groups is 1. The fraction of sp³-hybridized carbons (Fsp3) is 0.133. The first-order valence-corrected chi connectivity index (χ1v) is 7.15. The van der Waals surface area contributed by atoms with Crippen molar-refractivity contribution in [1.29, 1.82) is 0 Å². The highest BCUT2D eigenvalue weighted by Gasteiger charge is 2.31. The molecule has 1 aromatic rings. The predicted octanol–water partition coefficient (Wildman–Crippen LogP) is 1.80. The molecule has 7 nitrogen and oxygen atoms in total. The topological polar surface area (TPSA) is 92.6 Å². The van der Waals surface area contributed by atoms with Crippen LogP contribution in [0.1, 0.15) is 12.5 Å². The van der Waals surface area contributed by atoms with E-state index in [0.29, 0.717) is 12.1 Å². The van der Waals surface area contributed by atoms with E-state index >= 15 is 0 Å². The molecule has 1 aliphatic rings. The second-order valence-electron chi connectivity index (χ2n) is 4.56. The highest BCUT2D eigenvalue weighted by atomic mass is 32.1. The number of thiocarbonyl (C=S) groups is 1. The SMILES string of the molecule is CCN1C(=O)/C(=C/C=C/c2ccccc2[N+](=O)[O-])C(=O)NC1=S. The standard InChI is InChI=1S/C15H13N3O4S/c1-2-17-14(20)11(13(19)16-15(17)23)8-5-7-10-6-3-4-9-12(10)18(21)22/h3-9H,2H2,1H3,(H,16,19,23)/b7-5+,11-8+. The van der Waals surface area contributed by atoms with Gasteiger partial charge < -0.3 is 0 Å². The molecule has 0 unspecified atom stereocenters. The van der Waals surface area contributed by atoms with Crippen molar-refractivity contribution in [1.82, 2.24) is 10.2 Å². The van der Waals surface area contributed by atoms with Crippen LogP contribution in [0.15, 0.2) is 42.0 Å². The highest BCUT2D eigenvalue weighted by Crippen LogP contribution is 2.19. The number of hydrogen-bond donors (Lipinski definition) is 1. The Balaban J connectivity index is 2.29. The van der Waals surface area contributed by atoms with E-state index in [4.69, 9.17) is 12.2 Å². The number of nitrogens with zero attached hydrogens (tertiary/aromatic N) is 2. The van der Waals surface area contributed by atoms with Gasteiger partial charge in [-0.2, -0.15) is 0 Å². The van der Waals surface area contributed by atoms with Gasteiger partial charge in [0.25, 0.3) is 17.5 Å². The van der Waals surface area contributed by atoms with Crippen LogP contribution in [-0.2, 0) is 9.59 Å². The van der Waals surface area contributed by atoms with Gasteiger partial charge in [-0.1, -0.05) is 18.2 Å². The zero-order chi connectivity index (χ0) is 17.0. The molecule has 0 bridgehead atoms. The number of carbonyl (C=O) groups is 2. The van der Waals surface area contributed by atoms with E-state index in [1.807, 2.05) is 0 Å². The molecule has 1 fully saturated rings. The lowest BCUT2D eigenvalue weighted by Gasteiger charge is -2.27. The smallest absolute Gasteiger partial charge is 0.276 e. The minimum Gasteiger partial charge on any atom is -0.298 e. The van der Waals surface area contributed by atoms with Gasteiger partial charge in [0.05, 0.1) is 10.5 Å². The largest absolute Gasteiger partial charge is 0.298 e. The molecule has 1 saturated heterocycles. The summed E-state index contributed by atoms with van der Waals surface area (Å²) in [5.74, 6) is -1.08. The minimum atomic E-state index is -0.586. The Morgan fingerprint density at radius 1 is 1.35 bits per heavy atom. The summed E-state index contributed by atoms with van der Waals surface area (Å²) in [6, 6.07) is 6.17. The quantitative estimate of drug-likeness (QED) is 0.298. The molecule has 118 valence electrons. The van der Waals surface area contributed by atoms with Gasteiger partial charge in [0, 0.05) is 12.6 Å². The molecule has 1 heterocycles. The molecule has 2 amide bonds. The maximum Gasteiger partial charge on any atom is 0.276 e. The molecule has 0 atom stereocenters. The Kier molecular flexibility index (Phi) is 4.97. The van der Waals surface area contributed by atoms with E-state index in [0.717, 1.165) is 0 Å². The first kappa shape index (κ1) is 16.5. The molecule has 0 saturated carbocycles. The monoisotopic (exact) mass is 331 g/mol. The third kappa shape index (κ3) is 3.49. The van der Waals surface area contributed by atoms with Crippen LogP contribution in [0.5, 0.6) is 0 Å². The number of carbonyl (C=O) groups excluding carboxylic acids is 2. The Morgan fingerprint density at radius 2 is 2.04 bits per heavy atom. The predicted molar refractivity (Wildman–Crippen MR) is 88.3 cm³/mol. The Labute approximate surface area is 137 Å². The van der Waals surface area contributed by atoms with Crippen LogP contribution in [0.3, 0.4) is 0 Å². The van der Waals surface area contributed by atoms with Crippen LogP contribution in [0.2, 0.25) is 0 Å². The molecule has 1 aliphatic heterocycles. The van der Waals surface area contributed by atoms with E-state index in [9.17, 15) is 19.7 Å². The molecule has 1 aromatic carbocycles. The van der Waals surface area contributed by atoms with Gasteiger partial charge in [0.15, 0.2) is 5.11 Å². The number of likely N-dealkylation sites (N-methyl/N-ethyl adjacent to an activating group) is 1. The summed E-state index contributed by atoms with van der Waals surface area (Å²) in [4.78, 5) is 35.7. The van der Waals surface area contributed by atoms with Gasteiger partial charge in [0.1, 0.15) is 5.57 Å². The van der Waals surface area contributed by atoms with Crippen LogP contribution in [0.4, 0.5) is 5.69 Å². The van der Waals surface area contributed by atoms with Crippen molar-refractivity contribution in [2.75, 3.05) is 6.54 Å². The number of nitrogens with one attached hydrogen (secondary N) is 1. The highest BCUT2D eigenvalue weighted by molar-refractivity contribution is 7.80. The lowest BCUT2D eigenvalue weighted by molar-refractivity contribution is -0.385. The normalized spacial score (nSPS) is 17.0. The third-order valence-electron chi connectivity index (χ3n) is 3.17. The van der Waals surface area contributed by atoms with Crippen molar-refractivity contribution in [2.24, 2.45) is 0 Å². The summed E-state index contributed by atoms with van der Waals surface area (Å²) in [5.41, 5.74) is 0.245. The number of rotatable bonds is 4. The lowest BCUT2D eigenvalue weighted by Crippen LogP contribution is -2.53. The van der Waals surface area contributed by atoms with Gasteiger partial charge in [-0.3, -0.25) is 29.9 Å². The minimum absolute atomic E-state index is 0.0575. The molecule has 8 heteroatoms. The summed E-state index contributed by atoms with van der Waals surface area (Å²) in [5, 5.41) is 13.4. The van der Waals surface area contributed by atoms with Gasteiger partial charge >= 0.3 is 0 Å². The summed E-state index contributed by atoms with van der Waals surface area (Å²) in [7, 11) is 0. The molecule has 0 radical (unpaired) electrons. The molecule has 0 spiro atoms. The molecular weight excluding hydrogens is 318 g/mol. The number of para-hydroxylation sites is 1. The van der Waals surface area contributed by atoms with Crippen LogP contribution >= 0.6 is 12.2 Å². The lowest BCUT2D eigenvalue weighted by atomic mass is 10.1.